The van der Waals surface area contributed by atoms with Gasteiger partial charge in [-0.05, 0) is 47.5 Å². The second-order valence-electron chi connectivity index (χ2n) is 7.88. The van der Waals surface area contributed by atoms with Gasteiger partial charge in [0.1, 0.15) is 24.7 Å². The van der Waals surface area contributed by atoms with Crippen molar-refractivity contribution in [2.24, 2.45) is 0 Å². The Morgan fingerprint density at radius 1 is 0.941 bits per heavy atom. The Kier molecular flexibility index (Phi) is 5.63. The molecule has 0 aliphatic carbocycles. The van der Waals surface area contributed by atoms with Crippen LogP contribution in [0.4, 0.5) is 4.39 Å². The van der Waals surface area contributed by atoms with Gasteiger partial charge < -0.3 is 25.1 Å². The molecule has 0 saturated carbocycles. The van der Waals surface area contributed by atoms with E-state index in [1.54, 1.807) is 37.4 Å². The van der Waals surface area contributed by atoms with Crippen LogP contribution in [0.5, 0.6) is 11.5 Å². The number of nitrogens with one attached hydrogen (secondary N) is 3. The third-order valence-electron chi connectivity index (χ3n) is 5.72. The predicted molar refractivity (Wildman–Crippen MR) is 126 cm³/mol. The summed E-state index contributed by atoms with van der Waals surface area (Å²) < 4.78 is 26.2. The number of hydrogen-bond donors (Lipinski definition) is 3. The molecule has 0 saturated heterocycles. The molecule has 3 aromatic carbocycles. The normalized spacial score (nSPS) is 12.4. The highest BCUT2D eigenvalue weighted by atomic mass is 19.1. The fraction of sp³-hybridized carbons (Fsp3) is 0.154. The maximum atomic E-state index is 15.1. The lowest BCUT2D eigenvalue weighted by atomic mass is 9.99. The molecule has 172 valence electrons. The van der Waals surface area contributed by atoms with Gasteiger partial charge in [-0.1, -0.05) is 24.3 Å². The molecule has 0 spiro atoms. The minimum absolute atomic E-state index is 0.214. The minimum Gasteiger partial charge on any atom is -0.486 e. The highest BCUT2D eigenvalue weighted by molar-refractivity contribution is 6.03. The molecular formula is C26H22FN3O4. The monoisotopic (exact) mass is 459 g/mol. The van der Waals surface area contributed by atoms with E-state index in [0.29, 0.717) is 41.5 Å². The molecule has 0 bridgehead atoms. The first-order chi connectivity index (χ1) is 16.5. The standard InChI is InChI=1S/C26H22FN3O4/c1-28-26(32)22-13-19-17(3-2-4-21(19)30-22)18-7-6-16(12-20(18)27)25(31)29-14-15-5-8-23-24(11-15)34-10-9-33-23/h2-8,11-13,30H,9-10,14H2,1H3,(H,28,32)(H,29,31). The van der Waals surface area contributed by atoms with Crippen LogP contribution in [-0.2, 0) is 6.54 Å². The smallest absolute Gasteiger partial charge is 0.267 e. The van der Waals surface area contributed by atoms with Gasteiger partial charge in [-0.3, -0.25) is 9.59 Å². The van der Waals surface area contributed by atoms with E-state index in [-0.39, 0.29) is 23.9 Å². The van der Waals surface area contributed by atoms with Crippen LogP contribution in [-0.4, -0.2) is 37.1 Å². The van der Waals surface area contributed by atoms with Gasteiger partial charge in [0.15, 0.2) is 11.5 Å². The molecule has 1 aliphatic heterocycles. The van der Waals surface area contributed by atoms with Gasteiger partial charge in [-0.15, -0.1) is 0 Å². The van der Waals surface area contributed by atoms with E-state index >= 15 is 4.39 Å². The van der Waals surface area contributed by atoms with Crippen molar-refractivity contribution in [2.45, 2.75) is 6.54 Å². The summed E-state index contributed by atoms with van der Waals surface area (Å²) in [6.45, 7) is 1.26. The maximum Gasteiger partial charge on any atom is 0.267 e. The molecule has 4 aromatic rings. The van der Waals surface area contributed by atoms with Crippen LogP contribution >= 0.6 is 0 Å². The average Bonchev–Trinajstić information content (AvgIpc) is 3.31. The number of aromatic nitrogens is 1. The van der Waals surface area contributed by atoms with Crippen LogP contribution in [0, 0.1) is 5.82 Å². The summed E-state index contributed by atoms with van der Waals surface area (Å²) in [7, 11) is 1.55. The topological polar surface area (TPSA) is 92.5 Å². The SMILES string of the molecule is CNC(=O)c1cc2c(-c3ccc(C(=O)NCc4ccc5c(c4)OCCO5)cc3F)cccc2[nH]1. The second kappa shape index (κ2) is 8.90. The van der Waals surface area contributed by atoms with E-state index < -0.39 is 5.82 Å². The van der Waals surface area contributed by atoms with Crippen molar-refractivity contribution >= 4 is 22.7 Å². The number of amides is 2. The number of rotatable bonds is 5. The Bertz CT molecular complexity index is 1410. The number of carbonyl (C=O) groups is 2. The van der Waals surface area contributed by atoms with Gasteiger partial charge in [-0.25, -0.2) is 4.39 Å². The van der Waals surface area contributed by atoms with E-state index in [2.05, 4.69) is 15.6 Å². The molecule has 0 atom stereocenters. The second-order valence-corrected chi connectivity index (χ2v) is 7.88. The fourth-order valence-electron chi connectivity index (χ4n) is 4.00. The van der Waals surface area contributed by atoms with Gasteiger partial charge >= 0.3 is 0 Å². The summed E-state index contributed by atoms with van der Waals surface area (Å²) in [5.74, 6) is 0.155. The van der Waals surface area contributed by atoms with Crippen LogP contribution in [0.2, 0.25) is 0 Å². The number of fused-ring (bicyclic) bond motifs is 2. The van der Waals surface area contributed by atoms with Gasteiger partial charge in [0.05, 0.1) is 0 Å². The molecule has 0 fully saturated rings. The number of carbonyl (C=O) groups excluding carboxylic acids is 2. The lowest BCUT2D eigenvalue weighted by Crippen LogP contribution is -2.23. The lowest BCUT2D eigenvalue weighted by molar-refractivity contribution is 0.0945. The zero-order valence-electron chi connectivity index (χ0n) is 18.4. The predicted octanol–water partition coefficient (Wildman–Crippen LogP) is 4.03. The number of aromatic amines is 1. The number of benzene rings is 3. The summed E-state index contributed by atoms with van der Waals surface area (Å²) in [6.07, 6.45) is 0. The quantitative estimate of drug-likeness (QED) is 0.420. The number of halogens is 1. The van der Waals surface area contributed by atoms with Crippen molar-refractivity contribution in [1.82, 2.24) is 15.6 Å². The molecule has 1 aliphatic rings. The zero-order valence-corrected chi connectivity index (χ0v) is 18.4. The zero-order chi connectivity index (χ0) is 23.7. The highest BCUT2D eigenvalue weighted by Crippen LogP contribution is 2.32. The summed E-state index contributed by atoms with van der Waals surface area (Å²) >= 11 is 0. The molecule has 2 amide bonds. The maximum absolute atomic E-state index is 15.1. The van der Waals surface area contributed by atoms with E-state index in [1.165, 1.54) is 6.07 Å². The summed E-state index contributed by atoms with van der Waals surface area (Å²) in [5, 5.41) is 6.10. The Morgan fingerprint density at radius 3 is 2.56 bits per heavy atom. The van der Waals surface area contributed by atoms with E-state index in [1.807, 2.05) is 24.3 Å². The van der Waals surface area contributed by atoms with Crippen molar-refractivity contribution in [1.29, 1.82) is 0 Å². The Morgan fingerprint density at radius 2 is 1.76 bits per heavy atom. The molecule has 0 unspecified atom stereocenters. The van der Waals surface area contributed by atoms with E-state index in [9.17, 15) is 9.59 Å². The first-order valence-corrected chi connectivity index (χ1v) is 10.8. The minimum atomic E-state index is -0.526. The molecule has 2 heterocycles. The molecule has 8 heteroatoms. The van der Waals surface area contributed by atoms with Gasteiger partial charge in [-0.2, -0.15) is 0 Å². The van der Waals surface area contributed by atoms with Crippen LogP contribution < -0.4 is 20.1 Å². The van der Waals surface area contributed by atoms with Crippen LogP contribution in [0.15, 0.2) is 60.7 Å². The Labute approximate surface area is 194 Å². The van der Waals surface area contributed by atoms with Crippen molar-refractivity contribution < 1.29 is 23.5 Å². The molecular weight excluding hydrogens is 437 g/mol. The van der Waals surface area contributed by atoms with Crippen molar-refractivity contribution in [3.63, 3.8) is 0 Å². The Balaban J connectivity index is 1.35. The average molecular weight is 459 g/mol. The van der Waals surface area contributed by atoms with Crippen molar-refractivity contribution in [3.05, 3.63) is 83.3 Å². The number of ether oxygens (including phenoxy) is 2. The Hall–Kier alpha value is -4.33. The lowest BCUT2D eigenvalue weighted by Gasteiger charge is -2.19. The molecule has 5 rings (SSSR count). The third-order valence-corrected chi connectivity index (χ3v) is 5.72. The van der Waals surface area contributed by atoms with Crippen LogP contribution in [0.3, 0.4) is 0 Å². The third kappa shape index (κ3) is 4.05. The van der Waals surface area contributed by atoms with Crippen molar-refractivity contribution in [2.75, 3.05) is 20.3 Å². The fourth-order valence-corrected chi connectivity index (χ4v) is 4.00. The summed E-state index contributed by atoms with van der Waals surface area (Å²) in [5.41, 5.74) is 3.14. The summed E-state index contributed by atoms with van der Waals surface area (Å²) in [4.78, 5) is 27.7. The molecule has 34 heavy (non-hydrogen) atoms. The van der Waals surface area contributed by atoms with Gasteiger partial charge in [0, 0.05) is 35.6 Å². The van der Waals surface area contributed by atoms with Gasteiger partial charge in [0.2, 0.25) is 0 Å². The van der Waals surface area contributed by atoms with Crippen LogP contribution in [0.25, 0.3) is 22.0 Å². The highest BCUT2D eigenvalue weighted by Gasteiger charge is 2.16. The first kappa shape index (κ1) is 21.5. The molecule has 7 nitrogen and oxygen atoms in total. The van der Waals surface area contributed by atoms with E-state index in [0.717, 1.165) is 16.5 Å². The van der Waals surface area contributed by atoms with Crippen molar-refractivity contribution in [3.8, 4) is 22.6 Å². The molecule has 0 radical (unpaired) electrons. The van der Waals surface area contributed by atoms with E-state index in [4.69, 9.17) is 9.47 Å². The first-order valence-electron chi connectivity index (χ1n) is 10.8. The van der Waals surface area contributed by atoms with Crippen LogP contribution in [0.1, 0.15) is 26.4 Å². The summed E-state index contributed by atoms with van der Waals surface area (Å²) in [6, 6.07) is 16.9. The van der Waals surface area contributed by atoms with Gasteiger partial charge in [0.25, 0.3) is 11.8 Å². The molecule has 3 N–H and O–H groups in total. The number of hydrogen-bond acceptors (Lipinski definition) is 4. The number of H-pyrrole nitrogens is 1. The largest absolute Gasteiger partial charge is 0.486 e. The molecule has 1 aromatic heterocycles.